The van der Waals surface area contributed by atoms with Crippen molar-refractivity contribution in [3.8, 4) is 5.75 Å². The Bertz CT molecular complexity index is 680. The Hall–Kier alpha value is -1.53. The number of anilines is 1. The summed E-state index contributed by atoms with van der Waals surface area (Å²) in [6.45, 7) is 8.80. The molecule has 150 valence electrons. The number of hydrogen-bond acceptors (Lipinski definition) is 5. The van der Waals surface area contributed by atoms with Crippen LogP contribution in [0.15, 0.2) is 42.6 Å². The number of aliphatic hydroxyl groups is 1. The zero-order chi connectivity index (χ0) is 17.6. The number of β-amino-alcohol motifs (C(OH)–C–C–N with tert-alkyl or cyclic N) is 1. The predicted molar refractivity (Wildman–Crippen MR) is 115 cm³/mol. The molecule has 0 amide bonds. The number of piperazine rings is 1. The van der Waals surface area contributed by atoms with Crippen LogP contribution in [0, 0.1) is 13.8 Å². The summed E-state index contributed by atoms with van der Waals surface area (Å²) in [5, 5.41) is 10.3. The SMILES string of the molecule is Cc1cccc(OCC(O)CN2CCN(c3ccccn3)CC2)c1C.Cl.Cl. The average molecular weight is 414 g/mol. The van der Waals surface area contributed by atoms with E-state index in [1.165, 1.54) is 5.56 Å². The third-order valence-corrected chi connectivity index (χ3v) is 4.80. The lowest BCUT2D eigenvalue weighted by molar-refractivity contribution is 0.0660. The van der Waals surface area contributed by atoms with Crippen LogP contribution in [0.3, 0.4) is 0 Å². The first-order chi connectivity index (χ1) is 12.1. The normalized spacial score (nSPS) is 15.4. The predicted octanol–water partition coefficient (Wildman–Crippen LogP) is 3.10. The molecule has 1 N–H and O–H groups in total. The fourth-order valence-electron chi connectivity index (χ4n) is 3.12. The number of nitrogens with zero attached hydrogens (tertiary/aromatic N) is 3. The number of aryl methyl sites for hydroxylation is 1. The van der Waals surface area contributed by atoms with Crippen LogP contribution in [-0.2, 0) is 0 Å². The largest absolute Gasteiger partial charge is 0.491 e. The molecule has 1 atom stereocenters. The molecule has 0 saturated carbocycles. The Morgan fingerprint density at radius 3 is 2.44 bits per heavy atom. The molecule has 2 heterocycles. The Kier molecular flexibility index (Phi) is 9.88. The van der Waals surface area contributed by atoms with Gasteiger partial charge in [0.1, 0.15) is 24.3 Å². The van der Waals surface area contributed by atoms with E-state index in [0.717, 1.165) is 43.3 Å². The summed E-state index contributed by atoms with van der Waals surface area (Å²) in [6.07, 6.45) is 1.34. The molecule has 7 heteroatoms. The molecule has 1 unspecified atom stereocenters. The first-order valence-electron chi connectivity index (χ1n) is 8.89. The molecule has 1 aromatic heterocycles. The van der Waals surface area contributed by atoms with E-state index in [2.05, 4.69) is 27.8 Å². The monoisotopic (exact) mass is 413 g/mol. The highest BCUT2D eigenvalue weighted by atomic mass is 35.5. The maximum Gasteiger partial charge on any atom is 0.128 e. The van der Waals surface area contributed by atoms with Crippen molar-refractivity contribution in [2.75, 3.05) is 44.2 Å². The van der Waals surface area contributed by atoms with Gasteiger partial charge in [-0.15, -0.1) is 24.8 Å². The van der Waals surface area contributed by atoms with Crippen molar-refractivity contribution in [2.45, 2.75) is 20.0 Å². The highest BCUT2D eigenvalue weighted by molar-refractivity contribution is 5.85. The molecule has 0 spiro atoms. The van der Waals surface area contributed by atoms with Gasteiger partial charge in [-0.3, -0.25) is 4.90 Å². The van der Waals surface area contributed by atoms with Gasteiger partial charge in [0, 0.05) is 38.9 Å². The number of benzene rings is 1. The third-order valence-electron chi connectivity index (χ3n) is 4.80. The van der Waals surface area contributed by atoms with Crippen LogP contribution in [-0.4, -0.2) is 60.4 Å². The molecule has 2 aromatic rings. The standard InChI is InChI=1S/C20H27N3O2.2ClH/c1-16-6-5-7-19(17(16)2)25-15-18(24)14-22-10-12-23(13-11-22)20-8-3-4-9-21-20;;/h3-9,18,24H,10-15H2,1-2H3;2*1H. The lowest BCUT2D eigenvalue weighted by atomic mass is 10.1. The molecule has 1 aliphatic heterocycles. The van der Waals surface area contributed by atoms with Gasteiger partial charge in [-0.25, -0.2) is 4.98 Å². The zero-order valence-corrected chi connectivity index (χ0v) is 17.5. The summed E-state index contributed by atoms with van der Waals surface area (Å²) in [5.41, 5.74) is 2.34. The van der Waals surface area contributed by atoms with E-state index in [-0.39, 0.29) is 24.8 Å². The van der Waals surface area contributed by atoms with Crippen LogP contribution in [0.4, 0.5) is 5.82 Å². The van der Waals surface area contributed by atoms with E-state index >= 15 is 0 Å². The maximum absolute atomic E-state index is 10.3. The Labute approximate surface area is 174 Å². The third kappa shape index (κ3) is 6.54. The van der Waals surface area contributed by atoms with Gasteiger partial charge in [0.25, 0.3) is 0 Å². The van der Waals surface area contributed by atoms with Gasteiger partial charge in [-0.2, -0.15) is 0 Å². The molecule has 1 aromatic carbocycles. The number of hydrogen-bond donors (Lipinski definition) is 1. The quantitative estimate of drug-likeness (QED) is 0.787. The number of rotatable bonds is 6. The minimum Gasteiger partial charge on any atom is -0.491 e. The van der Waals surface area contributed by atoms with E-state index in [4.69, 9.17) is 4.74 Å². The molecule has 1 aliphatic rings. The van der Waals surface area contributed by atoms with Gasteiger partial charge >= 0.3 is 0 Å². The van der Waals surface area contributed by atoms with Crippen LogP contribution >= 0.6 is 24.8 Å². The summed E-state index contributed by atoms with van der Waals surface area (Å²) in [7, 11) is 0. The Morgan fingerprint density at radius 1 is 1.04 bits per heavy atom. The van der Waals surface area contributed by atoms with Crippen molar-refractivity contribution in [3.05, 3.63) is 53.7 Å². The zero-order valence-electron chi connectivity index (χ0n) is 15.9. The van der Waals surface area contributed by atoms with Crippen LogP contribution < -0.4 is 9.64 Å². The second-order valence-electron chi connectivity index (χ2n) is 6.64. The Morgan fingerprint density at radius 2 is 1.78 bits per heavy atom. The van der Waals surface area contributed by atoms with Crippen LogP contribution in [0.2, 0.25) is 0 Å². The van der Waals surface area contributed by atoms with Crippen LogP contribution in [0.5, 0.6) is 5.75 Å². The second-order valence-corrected chi connectivity index (χ2v) is 6.64. The van der Waals surface area contributed by atoms with E-state index in [9.17, 15) is 5.11 Å². The molecule has 1 fully saturated rings. The van der Waals surface area contributed by atoms with E-state index in [0.29, 0.717) is 13.2 Å². The van der Waals surface area contributed by atoms with E-state index < -0.39 is 6.10 Å². The molecule has 0 aliphatic carbocycles. The van der Waals surface area contributed by atoms with Crippen molar-refractivity contribution in [2.24, 2.45) is 0 Å². The number of halogens is 2. The van der Waals surface area contributed by atoms with Crippen molar-refractivity contribution >= 4 is 30.6 Å². The van der Waals surface area contributed by atoms with Gasteiger partial charge in [0.05, 0.1) is 0 Å². The summed E-state index contributed by atoms with van der Waals surface area (Å²) in [4.78, 5) is 8.98. The van der Waals surface area contributed by atoms with Gasteiger partial charge < -0.3 is 14.7 Å². The first kappa shape index (κ1) is 23.5. The second kappa shape index (κ2) is 11.3. The average Bonchev–Trinajstić information content (AvgIpc) is 2.64. The number of pyridine rings is 1. The van der Waals surface area contributed by atoms with Gasteiger partial charge in [0.2, 0.25) is 0 Å². The fourth-order valence-corrected chi connectivity index (χ4v) is 3.12. The van der Waals surface area contributed by atoms with Crippen molar-refractivity contribution in [1.82, 2.24) is 9.88 Å². The van der Waals surface area contributed by atoms with E-state index in [1.807, 2.05) is 43.5 Å². The van der Waals surface area contributed by atoms with E-state index in [1.54, 1.807) is 0 Å². The van der Waals surface area contributed by atoms with Crippen molar-refractivity contribution < 1.29 is 9.84 Å². The number of ether oxygens (including phenoxy) is 1. The van der Waals surface area contributed by atoms with Crippen LogP contribution in [0.1, 0.15) is 11.1 Å². The lowest BCUT2D eigenvalue weighted by Crippen LogP contribution is -2.49. The molecule has 1 saturated heterocycles. The summed E-state index contributed by atoms with van der Waals surface area (Å²) in [5.74, 6) is 1.89. The summed E-state index contributed by atoms with van der Waals surface area (Å²) >= 11 is 0. The number of aliphatic hydroxyl groups excluding tert-OH is 1. The highest BCUT2D eigenvalue weighted by Gasteiger charge is 2.20. The summed E-state index contributed by atoms with van der Waals surface area (Å²) < 4.78 is 5.81. The maximum atomic E-state index is 10.3. The first-order valence-corrected chi connectivity index (χ1v) is 8.89. The van der Waals surface area contributed by atoms with Gasteiger partial charge in [0.15, 0.2) is 0 Å². The fraction of sp³-hybridized carbons (Fsp3) is 0.450. The molecule has 0 radical (unpaired) electrons. The molecular weight excluding hydrogens is 385 g/mol. The van der Waals surface area contributed by atoms with Crippen LogP contribution in [0.25, 0.3) is 0 Å². The lowest BCUT2D eigenvalue weighted by Gasteiger charge is -2.36. The molecule has 0 bridgehead atoms. The minimum absolute atomic E-state index is 0. The highest BCUT2D eigenvalue weighted by Crippen LogP contribution is 2.20. The van der Waals surface area contributed by atoms with Crippen molar-refractivity contribution in [1.29, 1.82) is 0 Å². The molecule has 5 nitrogen and oxygen atoms in total. The number of aromatic nitrogens is 1. The minimum atomic E-state index is -0.485. The van der Waals surface area contributed by atoms with Gasteiger partial charge in [-0.1, -0.05) is 18.2 Å². The molecule has 3 rings (SSSR count). The summed E-state index contributed by atoms with van der Waals surface area (Å²) in [6, 6.07) is 12.0. The molecular formula is C20H29Cl2N3O2. The van der Waals surface area contributed by atoms with Gasteiger partial charge in [-0.05, 0) is 43.2 Å². The Balaban J connectivity index is 0.00000182. The smallest absolute Gasteiger partial charge is 0.128 e. The van der Waals surface area contributed by atoms with Crippen molar-refractivity contribution in [3.63, 3.8) is 0 Å². The molecule has 27 heavy (non-hydrogen) atoms. The topological polar surface area (TPSA) is 48.8 Å².